The van der Waals surface area contributed by atoms with Crippen molar-refractivity contribution in [2.24, 2.45) is 0 Å². The lowest BCUT2D eigenvalue weighted by molar-refractivity contribution is -0.274. The number of ether oxygens (including phenoxy) is 1. The third-order valence-electron chi connectivity index (χ3n) is 2.94. The first-order chi connectivity index (χ1) is 10.7. The Morgan fingerprint density at radius 1 is 1.04 bits per heavy atom. The van der Waals surface area contributed by atoms with Crippen LogP contribution in [0.4, 0.5) is 22.0 Å². The van der Waals surface area contributed by atoms with Crippen LogP contribution in [0.1, 0.15) is 22.3 Å². The van der Waals surface area contributed by atoms with Crippen LogP contribution in [-0.2, 0) is 0 Å². The Labute approximate surface area is 126 Å². The third-order valence-corrected chi connectivity index (χ3v) is 2.94. The summed E-state index contributed by atoms with van der Waals surface area (Å²) in [5, 5.41) is 8.84. The van der Waals surface area contributed by atoms with Gasteiger partial charge in [-0.1, -0.05) is 24.3 Å². The van der Waals surface area contributed by atoms with Crippen molar-refractivity contribution in [1.29, 1.82) is 0 Å². The molecule has 0 aliphatic rings. The summed E-state index contributed by atoms with van der Waals surface area (Å²) in [4.78, 5) is 10.9. The van der Waals surface area contributed by atoms with E-state index in [2.05, 4.69) is 4.74 Å². The van der Waals surface area contributed by atoms with Crippen LogP contribution in [0.5, 0.6) is 5.75 Å². The molecule has 0 aliphatic carbocycles. The van der Waals surface area contributed by atoms with Crippen LogP contribution in [0.15, 0.2) is 42.5 Å². The van der Waals surface area contributed by atoms with Gasteiger partial charge in [0.2, 0.25) is 0 Å². The number of benzene rings is 2. The molecule has 3 nitrogen and oxygen atoms in total. The van der Waals surface area contributed by atoms with Crippen molar-refractivity contribution < 1.29 is 36.6 Å². The maximum Gasteiger partial charge on any atom is 0.573 e. The molecule has 0 unspecified atom stereocenters. The molecule has 1 N–H and O–H groups in total. The van der Waals surface area contributed by atoms with Crippen LogP contribution in [0, 0.1) is 0 Å². The predicted octanol–water partition coefficient (Wildman–Crippen LogP) is 4.89. The molecule has 0 amide bonds. The lowest BCUT2D eigenvalue weighted by Gasteiger charge is -2.16. The molecule has 0 heterocycles. The lowest BCUT2D eigenvalue weighted by atomic mass is 9.97. The molecule has 122 valence electrons. The molecule has 0 saturated carbocycles. The van der Waals surface area contributed by atoms with E-state index < -0.39 is 35.6 Å². The Balaban J connectivity index is 2.60. The van der Waals surface area contributed by atoms with Crippen LogP contribution in [-0.4, -0.2) is 17.4 Å². The van der Waals surface area contributed by atoms with Crippen LogP contribution >= 0.6 is 0 Å². The van der Waals surface area contributed by atoms with Gasteiger partial charge >= 0.3 is 12.3 Å². The number of hydrogen-bond donors (Lipinski definition) is 1. The lowest BCUT2D eigenvalue weighted by Crippen LogP contribution is -2.17. The highest BCUT2D eigenvalue weighted by Crippen LogP contribution is 2.38. The van der Waals surface area contributed by atoms with Gasteiger partial charge in [0.1, 0.15) is 5.75 Å². The molecule has 2 aromatic rings. The molecule has 0 aliphatic heterocycles. The van der Waals surface area contributed by atoms with E-state index in [1.54, 1.807) is 0 Å². The Bertz CT molecular complexity index is 725. The smallest absolute Gasteiger partial charge is 0.478 e. The highest BCUT2D eigenvalue weighted by Gasteiger charge is 2.32. The van der Waals surface area contributed by atoms with Crippen molar-refractivity contribution in [2.45, 2.75) is 12.8 Å². The van der Waals surface area contributed by atoms with Crippen molar-refractivity contribution in [2.75, 3.05) is 0 Å². The number of carboxylic acid groups (broad SMARTS) is 1. The normalized spacial score (nSPS) is 11.6. The van der Waals surface area contributed by atoms with Gasteiger partial charge in [-0.25, -0.2) is 13.6 Å². The summed E-state index contributed by atoms with van der Waals surface area (Å²) in [6, 6.07) is 7.59. The largest absolute Gasteiger partial charge is 0.573 e. The number of carboxylic acids is 1. The molecule has 0 spiro atoms. The fraction of sp³-hybridized carbons (Fsp3) is 0.133. The first-order valence-electron chi connectivity index (χ1n) is 6.19. The summed E-state index contributed by atoms with van der Waals surface area (Å²) in [6.07, 6.45) is -8.05. The van der Waals surface area contributed by atoms with Crippen molar-refractivity contribution in [3.63, 3.8) is 0 Å². The average Bonchev–Trinajstić information content (AvgIpc) is 2.45. The minimum absolute atomic E-state index is 0.211. The summed E-state index contributed by atoms with van der Waals surface area (Å²) in [5.41, 5.74) is -1.52. The van der Waals surface area contributed by atoms with E-state index in [0.29, 0.717) is 0 Å². The van der Waals surface area contributed by atoms with E-state index in [1.807, 2.05) is 0 Å². The summed E-state index contributed by atoms with van der Waals surface area (Å²) < 4.78 is 67.4. The predicted molar refractivity (Wildman–Crippen MR) is 70.5 cm³/mol. The second-order valence-electron chi connectivity index (χ2n) is 4.45. The van der Waals surface area contributed by atoms with Crippen LogP contribution in [0.3, 0.4) is 0 Å². The number of hydrogen-bond acceptors (Lipinski definition) is 2. The van der Waals surface area contributed by atoms with Gasteiger partial charge in [-0.3, -0.25) is 0 Å². The Hall–Kier alpha value is -2.64. The molecular weight excluding hydrogens is 323 g/mol. The number of carbonyl (C=O) groups is 1. The van der Waals surface area contributed by atoms with Crippen molar-refractivity contribution >= 4 is 5.97 Å². The van der Waals surface area contributed by atoms with Gasteiger partial charge in [-0.2, -0.15) is 0 Å². The zero-order valence-corrected chi connectivity index (χ0v) is 11.3. The minimum Gasteiger partial charge on any atom is -0.478 e. The maximum atomic E-state index is 13.2. The first kappa shape index (κ1) is 16.7. The first-order valence-corrected chi connectivity index (χ1v) is 6.19. The van der Waals surface area contributed by atoms with Gasteiger partial charge in [0, 0.05) is 11.1 Å². The quantitative estimate of drug-likeness (QED) is 0.811. The molecule has 0 radical (unpaired) electrons. The number of para-hydroxylation sites is 1. The average molecular weight is 332 g/mol. The molecule has 0 fully saturated rings. The van der Waals surface area contributed by atoms with Crippen LogP contribution in [0.25, 0.3) is 11.1 Å². The zero-order chi connectivity index (χ0) is 17.2. The summed E-state index contributed by atoms with van der Waals surface area (Å²) in [7, 11) is 0. The summed E-state index contributed by atoms with van der Waals surface area (Å²) >= 11 is 0. The van der Waals surface area contributed by atoms with Crippen LogP contribution < -0.4 is 4.74 Å². The van der Waals surface area contributed by atoms with E-state index in [0.717, 1.165) is 24.3 Å². The number of aromatic carboxylic acids is 1. The van der Waals surface area contributed by atoms with Gasteiger partial charge in [0.15, 0.2) is 0 Å². The number of rotatable bonds is 4. The standard InChI is InChI=1S/C15H9F5O3/c16-13(17)11-7-8(14(21)22)5-6-9(11)10-3-1-2-4-12(10)23-15(18,19)20/h1-7,13H,(H,21,22). The van der Waals surface area contributed by atoms with E-state index >= 15 is 0 Å². The van der Waals surface area contributed by atoms with Gasteiger partial charge in [-0.05, 0) is 23.8 Å². The molecule has 8 heteroatoms. The highest BCUT2D eigenvalue weighted by molar-refractivity contribution is 5.89. The van der Waals surface area contributed by atoms with E-state index in [-0.39, 0.29) is 11.1 Å². The van der Waals surface area contributed by atoms with E-state index in [1.165, 1.54) is 18.2 Å². The van der Waals surface area contributed by atoms with Gasteiger partial charge in [0.25, 0.3) is 6.43 Å². The Kier molecular flexibility index (Phi) is 4.53. The van der Waals surface area contributed by atoms with Gasteiger partial charge < -0.3 is 9.84 Å². The molecule has 0 aromatic heterocycles. The fourth-order valence-corrected chi connectivity index (χ4v) is 2.02. The minimum atomic E-state index is -4.98. The summed E-state index contributed by atoms with van der Waals surface area (Å²) in [6.45, 7) is 0. The van der Waals surface area contributed by atoms with Crippen molar-refractivity contribution in [1.82, 2.24) is 0 Å². The molecular formula is C15H9F5O3. The molecule has 2 rings (SSSR count). The maximum absolute atomic E-state index is 13.2. The van der Waals surface area contributed by atoms with Gasteiger partial charge in [-0.15, -0.1) is 13.2 Å². The second kappa shape index (κ2) is 6.23. The van der Waals surface area contributed by atoms with E-state index in [9.17, 15) is 26.7 Å². The highest BCUT2D eigenvalue weighted by atomic mass is 19.4. The van der Waals surface area contributed by atoms with E-state index in [4.69, 9.17) is 5.11 Å². The topological polar surface area (TPSA) is 46.5 Å². The van der Waals surface area contributed by atoms with Crippen molar-refractivity contribution in [3.8, 4) is 16.9 Å². The molecule has 0 saturated heterocycles. The Morgan fingerprint density at radius 2 is 1.70 bits per heavy atom. The van der Waals surface area contributed by atoms with Crippen LogP contribution in [0.2, 0.25) is 0 Å². The summed E-state index contributed by atoms with van der Waals surface area (Å²) in [5.74, 6) is -2.07. The molecule has 0 bridgehead atoms. The second-order valence-corrected chi connectivity index (χ2v) is 4.45. The molecule has 0 atom stereocenters. The third kappa shape index (κ3) is 3.97. The molecule has 2 aromatic carbocycles. The van der Waals surface area contributed by atoms with Crippen molar-refractivity contribution in [3.05, 3.63) is 53.6 Å². The number of alkyl halides is 5. The SMILES string of the molecule is O=C(O)c1ccc(-c2ccccc2OC(F)(F)F)c(C(F)F)c1. The fourth-order valence-electron chi connectivity index (χ4n) is 2.02. The van der Waals surface area contributed by atoms with Gasteiger partial charge in [0.05, 0.1) is 5.56 Å². The Morgan fingerprint density at radius 3 is 2.26 bits per heavy atom. The number of halogens is 5. The molecule has 23 heavy (non-hydrogen) atoms. The zero-order valence-electron chi connectivity index (χ0n) is 11.3. The monoisotopic (exact) mass is 332 g/mol.